The van der Waals surface area contributed by atoms with E-state index in [0.717, 1.165) is 60.8 Å². The summed E-state index contributed by atoms with van der Waals surface area (Å²) >= 11 is 0. The third-order valence-electron chi connectivity index (χ3n) is 6.79. The molecule has 0 atom stereocenters. The SMILES string of the molecule is Cn1cc(-c2cc(-c3ccc(N4CCN(Cc5cccnc5)CC4)nc3)c3c(C#N)c(N)nn3c2)cn1. The number of fused-ring (bicyclic) bond motifs is 1. The third kappa shape index (κ3) is 4.37. The number of rotatable bonds is 5. The summed E-state index contributed by atoms with van der Waals surface area (Å²) in [5.74, 6) is 1.15. The third-order valence-corrected chi connectivity index (χ3v) is 6.79. The molecule has 0 aliphatic carbocycles. The lowest BCUT2D eigenvalue weighted by Gasteiger charge is -2.35. The number of anilines is 2. The average Bonchev–Trinajstić information content (AvgIpc) is 3.51. The standard InChI is InChI=1S/C27H26N10/c1-34-17-22(15-32-34)21-11-23(26-24(12-28)27(29)33-37(26)18-21)20-4-5-25(31-14-20)36-9-7-35(8-10-36)16-19-3-2-6-30-13-19/h2-6,11,13-15,17-18H,7-10,16H2,1H3,(H2,29,33). The van der Waals surface area contributed by atoms with Crippen molar-refractivity contribution in [3.8, 4) is 28.3 Å². The van der Waals surface area contributed by atoms with Gasteiger partial charge in [0.15, 0.2) is 5.82 Å². The summed E-state index contributed by atoms with van der Waals surface area (Å²) in [5.41, 5.74) is 12.0. The van der Waals surface area contributed by atoms with E-state index in [1.54, 1.807) is 21.6 Å². The molecule has 6 heterocycles. The fraction of sp³-hybridized carbons (Fsp3) is 0.222. The Labute approximate surface area is 214 Å². The van der Waals surface area contributed by atoms with Gasteiger partial charge in [-0.2, -0.15) is 10.4 Å². The van der Waals surface area contributed by atoms with Crippen LogP contribution in [0.2, 0.25) is 0 Å². The zero-order chi connectivity index (χ0) is 25.4. The highest BCUT2D eigenvalue weighted by Gasteiger charge is 2.20. The molecular weight excluding hydrogens is 464 g/mol. The Morgan fingerprint density at radius 2 is 1.86 bits per heavy atom. The normalized spacial score (nSPS) is 14.2. The zero-order valence-electron chi connectivity index (χ0n) is 20.5. The Bertz CT molecular complexity index is 1590. The highest BCUT2D eigenvalue weighted by Crippen LogP contribution is 2.34. The van der Waals surface area contributed by atoms with Crippen LogP contribution in [0.5, 0.6) is 0 Å². The first kappa shape index (κ1) is 22.7. The van der Waals surface area contributed by atoms with Crippen LogP contribution in [-0.4, -0.2) is 60.4 Å². The Balaban J connectivity index is 1.27. The molecule has 0 saturated carbocycles. The van der Waals surface area contributed by atoms with Crippen molar-refractivity contribution in [1.82, 2.24) is 34.3 Å². The molecule has 37 heavy (non-hydrogen) atoms. The van der Waals surface area contributed by atoms with Gasteiger partial charge in [0, 0.05) is 93.0 Å². The van der Waals surface area contributed by atoms with E-state index in [-0.39, 0.29) is 5.82 Å². The molecule has 2 N–H and O–H groups in total. The van der Waals surface area contributed by atoms with Gasteiger partial charge in [-0.15, -0.1) is 5.10 Å². The van der Waals surface area contributed by atoms with Crippen LogP contribution >= 0.6 is 0 Å². The van der Waals surface area contributed by atoms with Gasteiger partial charge in [0.1, 0.15) is 17.5 Å². The summed E-state index contributed by atoms with van der Waals surface area (Å²) in [6.07, 6.45) is 11.2. The van der Waals surface area contributed by atoms with Gasteiger partial charge in [-0.3, -0.25) is 14.6 Å². The lowest BCUT2D eigenvalue weighted by atomic mass is 10.0. The summed E-state index contributed by atoms with van der Waals surface area (Å²) in [4.78, 5) is 13.8. The Kier molecular flexibility index (Phi) is 5.75. The number of pyridine rings is 3. The van der Waals surface area contributed by atoms with Gasteiger partial charge in [0.25, 0.3) is 0 Å². The van der Waals surface area contributed by atoms with E-state index in [0.29, 0.717) is 11.1 Å². The van der Waals surface area contributed by atoms with Crippen LogP contribution in [0.15, 0.2) is 67.5 Å². The second-order valence-corrected chi connectivity index (χ2v) is 9.24. The number of nitrogen functional groups attached to an aromatic ring is 1. The van der Waals surface area contributed by atoms with Gasteiger partial charge >= 0.3 is 0 Å². The Hall–Kier alpha value is -4.75. The molecule has 5 aromatic rings. The van der Waals surface area contributed by atoms with Gasteiger partial charge < -0.3 is 10.6 Å². The molecule has 0 unspecified atom stereocenters. The molecule has 184 valence electrons. The molecule has 1 aliphatic heterocycles. The van der Waals surface area contributed by atoms with Crippen molar-refractivity contribution in [1.29, 1.82) is 5.26 Å². The van der Waals surface area contributed by atoms with Crippen LogP contribution < -0.4 is 10.6 Å². The fourth-order valence-electron chi connectivity index (χ4n) is 4.87. The van der Waals surface area contributed by atoms with Crippen LogP contribution in [0.25, 0.3) is 27.8 Å². The van der Waals surface area contributed by atoms with E-state index >= 15 is 0 Å². The van der Waals surface area contributed by atoms with Gasteiger partial charge in [-0.1, -0.05) is 6.07 Å². The van der Waals surface area contributed by atoms with E-state index in [4.69, 9.17) is 10.7 Å². The quantitative estimate of drug-likeness (QED) is 0.400. The maximum Gasteiger partial charge on any atom is 0.164 e. The molecule has 0 radical (unpaired) electrons. The van der Waals surface area contributed by atoms with Crippen molar-refractivity contribution < 1.29 is 0 Å². The van der Waals surface area contributed by atoms with E-state index in [1.165, 1.54) is 5.56 Å². The largest absolute Gasteiger partial charge is 0.381 e. The van der Waals surface area contributed by atoms with Crippen LogP contribution in [0, 0.1) is 11.3 Å². The number of nitriles is 1. The molecule has 10 nitrogen and oxygen atoms in total. The first-order valence-electron chi connectivity index (χ1n) is 12.1. The molecule has 0 amide bonds. The minimum absolute atomic E-state index is 0.209. The lowest BCUT2D eigenvalue weighted by molar-refractivity contribution is 0.249. The molecule has 1 aliphatic rings. The van der Waals surface area contributed by atoms with Crippen molar-refractivity contribution in [2.24, 2.45) is 7.05 Å². The number of hydrogen-bond donors (Lipinski definition) is 1. The molecule has 5 aromatic heterocycles. The van der Waals surface area contributed by atoms with Gasteiger partial charge in [-0.05, 0) is 29.8 Å². The number of aromatic nitrogens is 6. The second kappa shape index (κ2) is 9.37. The van der Waals surface area contributed by atoms with Crippen molar-refractivity contribution in [3.05, 3.63) is 78.6 Å². The zero-order valence-corrected chi connectivity index (χ0v) is 20.5. The molecule has 1 fully saturated rings. The number of hydrogen-bond acceptors (Lipinski definition) is 8. The smallest absolute Gasteiger partial charge is 0.164 e. The highest BCUT2D eigenvalue weighted by atomic mass is 15.3. The van der Waals surface area contributed by atoms with Gasteiger partial charge in [0.2, 0.25) is 0 Å². The summed E-state index contributed by atoms with van der Waals surface area (Å²) in [6.45, 7) is 4.66. The summed E-state index contributed by atoms with van der Waals surface area (Å²) in [7, 11) is 1.88. The number of piperazine rings is 1. The predicted molar refractivity (Wildman–Crippen MR) is 141 cm³/mol. The fourth-order valence-corrected chi connectivity index (χ4v) is 4.87. The first-order chi connectivity index (χ1) is 18.1. The van der Waals surface area contributed by atoms with Crippen LogP contribution in [-0.2, 0) is 13.6 Å². The van der Waals surface area contributed by atoms with Gasteiger partial charge in [0.05, 0.1) is 11.7 Å². The van der Waals surface area contributed by atoms with Crippen LogP contribution in [0.4, 0.5) is 11.6 Å². The monoisotopic (exact) mass is 490 g/mol. The lowest BCUT2D eigenvalue weighted by Crippen LogP contribution is -2.46. The molecule has 0 bridgehead atoms. The predicted octanol–water partition coefficient (Wildman–Crippen LogP) is 2.97. The molecular formula is C27H26N10. The number of nitrogens with two attached hydrogens (primary N) is 1. The molecule has 10 heteroatoms. The number of nitrogens with zero attached hydrogens (tertiary/aromatic N) is 9. The summed E-state index contributed by atoms with van der Waals surface area (Å²) < 4.78 is 3.44. The number of aryl methyl sites for hydroxylation is 1. The van der Waals surface area contributed by atoms with E-state index < -0.39 is 0 Å². The van der Waals surface area contributed by atoms with E-state index in [1.807, 2.05) is 50.0 Å². The molecule has 0 aromatic carbocycles. The Morgan fingerprint density at radius 1 is 1.00 bits per heavy atom. The molecule has 6 rings (SSSR count). The van der Waals surface area contributed by atoms with E-state index in [2.05, 4.69) is 43.2 Å². The maximum absolute atomic E-state index is 9.77. The van der Waals surface area contributed by atoms with Gasteiger partial charge in [-0.25, -0.2) is 9.50 Å². The minimum Gasteiger partial charge on any atom is -0.381 e. The van der Waals surface area contributed by atoms with Crippen molar-refractivity contribution in [2.45, 2.75) is 6.54 Å². The summed E-state index contributed by atoms with van der Waals surface area (Å²) in [6, 6.07) is 12.5. The van der Waals surface area contributed by atoms with Crippen LogP contribution in [0.3, 0.4) is 0 Å². The van der Waals surface area contributed by atoms with Crippen molar-refractivity contribution in [2.75, 3.05) is 36.8 Å². The summed E-state index contributed by atoms with van der Waals surface area (Å²) in [5, 5.41) is 18.5. The molecule has 0 spiro atoms. The van der Waals surface area contributed by atoms with Crippen LogP contribution in [0.1, 0.15) is 11.1 Å². The first-order valence-corrected chi connectivity index (χ1v) is 12.1. The average molecular weight is 491 g/mol. The Morgan fingerprint density at radius 3 is 2.54 bits per heavy atom. The maximum atomic E-state index is 9.77. The van der Waals surface area contributed by atoms with Crippen molar-refractivity contribution >= 4 is 17.2 Å². The topological polar surface area (TPSA) is 117 Å². The highest BCUT2D eigenvalue weighted by molar-refractivity contribution is 5.90. The second-order valence-electron chi connectivity index (χ2n) is 9.24. The van der Waals surface area contributed by atoms with E-state index in [9.17, 15) is 5.26 Å². The minimum atomic E-state index is 0.209. The molecule has 1 saturated heterocycles. The van der Waals surface area contributed by atoms with Crippen molar-refractivity contribution in [3.63, 3.8) is 0 Å².